The number of aromatic nitrogens is 2. The molecule has 1 aromatic heterocycles. The third-order valence-electron chi connectivity index (χ3n) is 4.10. The molecule has 0 unspecified atom stereocenters. The molecule has 2 heterocycles. The SMILES string of the molecule is CCOC(=O)N1CCN(Cc2ccc(-c3noc(C(F)(F)F)n3)cc2)C(=O)C1. The number of nitrogens with zero attached hydrogens (tertiary/aromatic N) is 4. The summed E-state index contributed by atoms with van der Waals surface area (Å²) in [5, 5.41) is 3.33. The Balaban J connectivity index is 1.61. The van der Waals surface area contributed by atoms with E-state index in [1.807, 2.05) is 0 Å². The summed E-state index contributed by atoms with van der Waals surface area (Å²) in [6.45, 7) is 2.92. The molecule has 28 heavy (non-hydrogen) atoms. The smallest absolute Gasteiger partial charge is 0.450 e. The number of alkyl halides is 3. The van der Waals surface area contributed by atoms with Gasteiger partial charge in [0.05, 0.1) is 6.61 Å². The summed E-state index contributed by atoms with van der Waals surface area (Å²) in [6, 6.07) is 6.45. The van der Waals surface area contributed by atoms with Crippen LogP contribution in [-0.4, -0.2) is 58.2 Å². The molecule has 0 spiro atoms. The van der Waals surface area contributed by atoms with E-state index in [2.05, 4.69) is 14.7 Å². The number of benzene rings is 1. The van der Waals surface area contributed by atoms with Crippen molar-refractivity contribution in [1.82, 2.24) is 19.9 Å². The van der Waals surface area contributed by atoms with Crippen LogP contribution in [0.15, 0.2) is 28.8 Å². The highest BCUT2D eigenvalue weighted by molar-refractivity contribution is 5.83. The van der Waals surface area contributed by atoms with Crippen LogP contribution in [0.5, 0.6) is 0 Å². The molecule has 0 bridgehead atoms. The summed E-state index contributed by atoms with van der Waals surface area (Å²) >= 11 is 0. The van der Waals surface area contributed by atoms with E-state index in [9.17, 15) is 22.8 Å². The molecule has 0 radical (unpaired) electrons. The number of piperazine rings is 1. The van der Waals surface area contributed by atoms with Crippen molar-refractivity contribution in [2.75, 3.05) is 26.2 Å². The molecule has 1 aromatic carbocycles. The summed E-state index contributed by atoms with van der Waals surface area (Å²) in [5.41, 5.74) is 1.14. The lowest BCUT2D eigenvalue weighted by atomic mass is 10.1. The van der Waals surface area contributed by atoms with Crippen molar-refractivity contribution in [2.45, 2.75) is 19.6 Å². The lowest BCUT2D eigenvalue weighted by molar-refractivity contribution is -0.159. The molecule has 0 saturated carbocycles. The van der Waals surface area contributed by atoms with E-state index in [4.69, 9.17) is 4.74 Å². The van der Waals surface area contributed by atoms with Gasteiger partial charge >= 0.3 is 18.2 Å². The van der Waals surface area contributed by atoms with Crippen LogP contribution in [0.25, 0.3) is 11.4 Å². The van der Waals surface area contributed by atoms with E-state index in [0.717, 1.165) is 5.56 Å². The zero-order chi connectivity index (χ0) is 20.3. The Morgan fingerprint density at radius 1 is 1.25 bits per heavy atom. The van der Waals surface area contributed by atoms with Crippen LogP contribution in [-0.2, 0) is 22.3 Å². The van der Waals surface area contributed by atoms with Gasteiger partial charge in [0.1, 0.15) is 6.54 Å². The quantitative estimate of drug-likeness (QED) is 0.787. The van der Waals surface area contributed by atoms with E-state index in [0.29, 0.717) is 25.2 Å². The first-order valence-electron chi connectivity index (χ1n) is 8.47. The molecular formula is C17H17F3N4O4. The van der Waals surface area contributed by atoms with Crippen molar-refractivity contribution >= 4 is 12.0 Å². The van der Waals surface area contributed by atoms with Crippen LogP contribution in [0.3, 0.4) is 0 Å². The number of hydrogen-bond acceptors (Lipinski definition) is 6. The number of carbonyl (C=O) groups is 2. The number of hydrogen-bond donors (Lipinski definition) is 0. The minimum absolute atomic E-state index is 0.0556. The minimum atomic E-state index is -4.70. The van der Waals surface area contributed by atoms with E-state index < -0.39 is 18.2 Å². The fraction of sp³-hybridized carbons (Fsp3) is 0.412. The predicted molar refractivity (Wildman–Crippen MR) is 88.7 cm³/mol. The lowest BCUT2D eigenvalue weighted by Crippen LogP contribution is -2.51. The molecule has 1 saturated heterocycles. The minimum Gasteiger partial charge on any atom is -0.450 e. The zero-order valence-corrected chi connectivity index (χ0v) is 14.9. The predicted octanol–water partition coefficient (Wildman–Crippen LogP) is 2.56. The maximum atomic E-state index is 12.5. The largest absolute Gasteiger partial charge is 0.471 e. The monoisotopic (exact) mass is 398 g/mol. The van der Waals surface area contributed by atoms with Crippen molar-refractivity contribution in [2.24, 2.45) is 0 Å². The standard InChI is InChI=1S/C17H17F3N4O4/c1-2-27-16(26)24-8-7-23(13(25)10-24)9-11-3-5-12(6-4-11)14-21-15(28-22-14)17(18,19)20/h3-6H,2,7-10H2,1H3. The molecule has 1 fully saturated rings. The van der Waals surface area contributed by atoms with Crippen molar-refractivity contribution in [3.05, 3.63) is 35.7 Å². The molecule has 8 nitrogen and oxygen atoms in total. The Morgan fingerprint density at radius 2 is 1.96 bits per heavy atom. The maximum Gasteiger partial charge on any atom is 0.471 e. The highest BCUT2D eigenvalue weighted by Gasteiger charge is 2.38. The van der Waals surface area contributed by atoms with Crippen molar-refractivity contribution < 1.29 is 32.0 Å². The highest BCUT2D eigenvalue weighted by atomic mass is 19.4. The van der Waals surface area contributed by atoms with Gasteiger partial charge in [-0.05, 0) is 12.5 Å². The zero-order valence-electron chi connectivity index (χ0n) is 14.9. The molecule has 2 amide bonds. The Labute approximate surface area is 157 Å². The van der Waals surface area contributed by atoms with E-state index >= 15 is 0 Å². The normalized spacial score (nSPS) is 15.1. The van der Waals surface area contributed by atoms with Crippen molar-refractivity contribution in [3.8, 4) is 11.4 Å². The van der Waals surface area contributed by atoms with Crippen LogP contribution < -0.4 is 0 Å². The Morgan fingerprint density at radius 3 is 2.54 bits per heavy atom. The first kappa shape index (κ1) is 19.6. The Hall–Kier alpha value is -3.11. The second-order valence-electron chi connectivity index (χ2n) is 6.05. The van der Waals surface area contributed by atoms with Crippen LogP contribution in [0.1, 0.15) is 18.4 Å². The van der Waals surface area contributed by atoms with Gasteiger partial charge in [0, 0.05) is 25.2 Å². The first-order chi connectivity index (χ1) is 13.3. The van der Waals surface area contributed by atoms with Crippen molar-refractivity contribution in [1.29, 1.82) is 0 Å². The van der Waals surface area contributed by atoms with Gasteiger partial charge in [-0.1, -0.05) is 29.4 Å². The Kier molecular flexibility index (Phi) is 5.52. The number of ether oxygens (including phenoxy) is 1. The van der Waals surface area contributed by atoms with Crippen molar-refractivity contribution in [3.63, 3.8) is 0 Å². The lowest BCUT2D eigenvalue weighted by Gasteiger charge is -2.33. The van der Waals surface area contributed by atoms with Crippen LogP contribution in [0.2, 0.25) is 0 Å². The van der Waals surface area contributed by atoms with Crippen LogP contribution in [0.4, 0.5) is 18.0 Å². The van der Waals surface area contributed by atoms with E-state index in [1.54, 1.807) is 36.1 Å². The molecule has 0 N–H and O–H groups in total. The second-order valence-corrected chi connectivity index (χ2v) is 6.05. The summed E-state index contributed by atoms with van der Waals surface area (Å²) < 4.78 is 46.7. The fourth-order valence-electron chi connectivity index (χ4n) is 2.68. The number of rotatable bonds is 4. The number of carbonyl (C=O) groups excluding carboxylic acids is 2. The van der Waals surface area contributed by atoms with Gasteiger partial charge in [-0.15, -0.1) is 0 Å². The topological polar surface area (TPSA) is 88.8 Å². The molecule has 2 aromatic rings. The fourth-order valence-corrected chi connectivity index (χ4v) is 2.68. The molecule has 1 aliphatic rings. The molecule has 150 valence electrons. The van der Waals surface area contributed by atoms with Gasteiger partial charge in [-0.2, -0.15) is 18.2 Å². The summed E-state index contributed by atoms with van der Waals surface area (Å²) in [5.74, 6) is -1.79. The molecule has 11 heteroatoms. The Bertz CT molecular complexity index is 851. The molecule has 1 aliphatic heterocycles. The summed E-state index contributed by atoms with van der Waals surface area (Å²) in [6.07, 6.45) is -5.21. The van der Waals surface area contributed by atoms with Gasteiger partial charge in [-0.25, -0.2) is 4.79 Å². The average molecular weight is 398 g/mol. The van der Waals surface area contributed by atoms with Crippen LogP contribution in [0, 0.1) is 0 Å². The summed E-state index contributed by atoms with van der Waals surface area (Å²) in [7, 11) is 0. The maximum absolute atomic E-state index is 12.5. The van der Waals surface area contributed by atoms with Gasteiger partial charge in [-0.3, -0.25) is 9.69 Å². The first-order valence-corrected chi connectivity index (χ1v) is 8.47. The molecule has 0 atom stereocenters. The van der Waals surface area contributed by atoms with Gasteiger partial charge in [0.2, 0.25) is 11.7 Å². The van der Waals surface area contributed by atoms with E-state index in [-0.39, 0.29) is 24.9 Å². The van der Waals surface area contributed by atoms with Gasteiger partial charge in [0.25, 0.3) is 0 Å². The molecular weight excluding hydrogens is 381 g/mol. The summed E-state index contributed by atoms with van der Waals surface area (Å²) in [4.78, 5) is 30.2. The third-order valence-corrected chi connectivity index (χ3v) is 4.10. The number of amides is 2. The molecule has 3 rings (SSSR count). The van der Waals surface area contributed by atoms with E-state index in [1.165, 1.54) is 4.90 Å². The third kappa shape index (κ3) is 4.41. The number of halogens is 3. The molecule has 0 aliphatic carbocycles. The van der Waals surface area contributed by atoms with Gasteiger partial charge in [0.15, 0.2) is 0 Å². The highest BCUT2D eigenvalue weighted by Crippen LogP contribution is 2.29. The van der Waals surface area contributed by atoms with Crippen LogP contribution >= 0.6 is 0 Å². The van der Waals surface area contributed by atoms with Gasteiger partial charge < -0.3 is 14.2 Å². The second kappa shape index (κ2) is 7.87. The average Bonchev–Trinajstić information content (AvgIpc) is 3.15.